The van der Waals surface area contributed by atoms with E-state index in [1.165, 1.54) is 23.5 Å². The van der Waals surface area contributed by atoms with Crippen LogP contribution in [-0.2, 0) is 0 Å². The fraction of sp³-hybridized carbons (Fsp3) is 0.0667. The maximum absolute atomic E-state index is 9.89. The van der Waals surface area contributed by atoms with Crippen molar-refractivity contribution in [2.45, 2.75) is 0 Å². The minimum Gasteiger partial charge on any atom is -0.508 e. The van der Waals surface area contributed by atoms with Gasteiger partial charge >= 0.3 is 0 Å². The third-order valence-corrected chi connectivity index (χ3v) is 4.26. The molecule has 0 fully saturated rings. The molecule has 22 heavy (non-hydrogen) atoms. The fourth-order valence-electron chi connectivity index (χ4n) is 2.18. The summed E-state index contributed by atoms with van der Waals surface area (Å²) in [5.41, 5.74) is 1.40. The van der Waals surface area contributed by atoms with Crippen LogP contribution in [0.4, 0.5) is 0 Å². The Kier molecular flexibility index (Phi) is 2.87. The van der Waals surface area contributed by atoms with Gasteiger partial charge in [-0.3, -0.25) is 0 Å². The summed E-state index contributed by atoms with van der Waals surface area (Å²) in [7, 11) is 0. The van der Waals surface area contributed by atoms with E-state index < -0.39 is 0 Å². The topological polar surface area (TPSA) is 84.7 Å². The molecule has 0 atom stereocenters. The molecule has 7 heteroatoms. The summed E-state index contributed by atoms with van der Waals surface area (Å²) in [5, 5.41) is 28.8. The Balaban J connectivity index is 1.72. The number of phenols is 2. The van der Waals surface area contributed by atoms with Gasteiger partial charge in [0.15, 0.2) is 16.5 Å². The Morgan fingerprint density at radius 2 is 1.73 bits per heavy atom. The highest BCUT2D eigenvalue weighted by molar-refractivity contribution is 7.18. The van der Waals surface area contributed by atoms with Crippen LogP contribution in [0.3, 0.4) is 0 Å². The van der Waals surface area contributed by atoms with E-state index in [-0.39, 0.29) is 18.3 Å². The second kappa shape index (κ2) is 4.88. The molecule has 1 aliphatic heterocycles. The second-order valence-corrected chi connectivity index (χ2v) is 5.66. The Morgan fingerprint density at radius 3 is 2.59 bits per heavy atom. The largest absolute Gasteiger partial charge is 0.508 e. The van der Waals surface area contributed by atoms with Crippen LogP contribution in [0.15, 0.2) is 36.4 Å². The Labute approximate surface area is 129 Å². The van der Waals surface area contributed by atoms with Crippen molar-refractivity contribution in [1.82, 2.24) is 10.2 Å². The maximum atomic E-state index is 9.89. The summed E-state index contributed by atoms with van der Waals surface area (Å²) in [6.45, 7) is 0.224. The van der Waals surface area contributed by atoms with Crippen molar-refractivity contribution >= 4 is 11.3 Å². The van der Waals surface area contributed by atoms with Gasteiger partial charge in [0.25, 0.3) is 0 Å². The number of hydrogen-bond donors (Lipinski definition) is 2. The highest BCUT2D eigenvalue weighted by Crippen LogP contribution is 2.39. The number of ether oxygens (including phenoxy) is 2. The first-order valence-corrected chi connectivity index (χ1v) is 7.28. The number of phenolic OH excluding ortho intramolecular Hbond substituents is 2. The number of benzene rings is 2. The van der Waals surface area contributed by atoms with E-state index in [0.717, 1.165) is 5.56 Å². The molecule has 0 saturated heterocycles. The van der Waals surface area contributed by atoms with Gasteiger partial charge in [0.05, 0.1) is 5.56 Å². The molecule has 0 aliphatic carbocycles. The van der Waals surface area contributed by atoms with E-state index in [9.17, 15) is 10.2 Å². The average Bonchev–Trinajstić information content (AvgIpc) is 3.15. The number of aromatic nitrogens is 2. The van der Waals surface area contributed by atoms with Crippen LogP contribution in [0, 0.1) is 0 Å². The van der Waals surface area contributed by atoms with Crippen LogP contribution in [0.1, 0.15) is 0 Å². The molecule has 2 aromatic carbocycles. The lowest BCUT2D eigenvalue weighted by Crippen LogP contribution is -1.92. The lowest BCUT2D eigenvalue weighted by atomic mass is 10.2. The Morgan fingerprint density at radius 1 is 0.909 bits per heavy atom. The van der Waals surface area contributed by atoms with Gasteiger partial charge in [-0.25, -0.2) is 0 Å². The van der Waals surface area contributed by atoms with Gasteiger partial charge in [0, 0.05) is 11.6 Å². The first-order chi connectivity index (χ1) is 10.7. The van der Waals surface area contributed by atoms with E-state index in [2.05, 4.69) is 10.2 Å². The Hall–Kier alpha value is -2.80. The average molecular weight is 314 g/mol. The molecule has 0 radical (unpaired) electrons. The van der Waals surface area contributed by atoms with E-state index in [1.807, 2.05) is 18.2 Å². The van der Waals surface area contributed by atoms with Crippen LogP contribution >= 0.6 is 11.3 Å². The third-order valence-electron chi connectivity index (χ3n) is 3.26. The number of hydrogen-bond acceptors (Lipinski definition) is 7. The standard InChI is InChI=1S/C15H10N2O4S/c18-9-2-3-10(11(19)6-9)15-17-16-14(22-15)8-1-4-12-13(5-8)21-7-20-12/h1-6,18-19H,7H2. The summed E-state index contributed by atoms with van der Waals surface area (Å²) >= 11 is 1.34. The van der Waals surface area contributed by atoms with Crippen LogP contribution in [0.25, 0.3) is 21.1 Å². The van der Waals surface area contributed by atoms with Crippen molar-refractivity contribution in [3.05, 3.63) is 36.4 Å². The van der Waals surface area contributed by atoms with Gasteiger partial charge in [0.2, 0.25) is 6.79 Å². The smallest absolute Gasteiger partial charge is 0.231 e. The number of fused-ring (bicyclic) bond motifs is 1. The van der Waals surface area contributed by atoms with Gasteiger partial charge in [-0.2, -0.15) is 0 Å². The highest BCUT2D eigenvalue weighted by atomic mass is 32.1. The first kappa shape index (κ1) is 12.9. The van der Waals surface area contributed by atoms with Crippen LogP contribution in [-0.4, -0.2) is 27.2 Å². The van der Waals surface area contributed by atoms with E-state index >= 15 is 0 Å². The minimum atomic E-state index is -0.0339. The van der Waals surface area contributed by atoms with Crippen molar-refractivity contribution in [2.24, 2.45) is 0 Å². The molecule has 110 valence electrons. The molecular weight excluding hydrogens is 304 g/mol. The fourth-order valence-corrected chi connectivity index (χ4v) is 3.05. The molecule has 0 amide bonds. The zero-order valence-electron chi connectivity index (χ0n) is 11.2. The number of nitrogens with zero attached hydrogens (tertiary/aromatic N) is 2. The summed E-state index contributed by atoms with van der Waals surface area (Å²) < 4.78 is 10.6. The van der Waals surface area contributed by atoms with Crippen molar-refractivity contribution in [2.75, 3.05) is 6.79 Å². The molecule has 2 N–H and O–H groups in total. The van der Waals surface area contributed by atoms with Crippen LogP contribution in [0.2, 0.25) is 0 Å². The van der Waals surface area contributed by atoms with Crippen molar-refractivity contribution in [3.63, 3.8) is 0 Å². The van der Waals surface area contributed by atoms with Gasteiger partial charge in [0.1, 0.15) is 16.5 Å². The summed E-state index contributed by atoms with van der Waals surface area (Å²) in [5.74, 6) is 1.36. The summed E-state index contributed by atoms with van der Waals surface area (Å²) in [6, 6.07) is 9.94. The predicted octanol–water partition coefficient (Wildman–Crippen LogP) is 3.01. The number of rotatable bonds is 2. The molecule has 1 aromatic heterocycles. The molecule has 3 aromatic rings. The van der Waals surface area contributed by atoms with Crippen LogP contribution < -0.4 is 9.47 Å². The zero-order chi connectivity index (χ0) is 15.1. The van der Waals surface area contributed by atoms with E-state index in [1.54, 1.807) is 6.07 Å². The quantitative estimate of drug-likeness (QED) is 0.756. The zero-order valence-corrected chi connectivity index (χ0v) is 12.0. The Bertz CT molecular complexity index is 862. The molecular formula is C15H10N2O4S. The summed E-state index contributed by atoms with van der Waals surface area (Å²) in [4.78, 5) is 0. The first-order valence-electron chi connectivity index (χ1n) is 6.46. The normalized spacial score (nSPS) is 12.5. The van der Waals surface area contributed by atoms with E-state index in [4.69, 9.17) is 9.47 Å². The molecule has 0 saturated carbocycles. The third kappa shape index (κ3) is 2.11. The van der Waals surface area contributed by atoms with Crippen molar-refractivity contribution < 1.29 is 19.7 Å². The van der Waals surface area contributed by atoms with Crippen LogP contribution in [0.5, 0.6) is 23.0 Å². The molecule has 0 unspecified atom stereocenters. The summed E-state index contributed by atoms with van der Waals surface area (Å²) in [6.07, 6.45) is 0. The molecule has 0 bridgehead atoms. The van der Waals surface area contributed by atoms with Crippen molar-refractivity contribution in [1.29, 1.82) is 0 Å². The lowest BCUT2D eigenvalue weighted by Gasteiger charge is -2.00. The minimum absolute atomic E-state index is 0.00163. The predicted molar refractivity (Wildman–Crippen MR) is 80.2 cm³/mol. The monoisotopic (exact) mass is 314 g/mol. The van der Waals surface area contributed by atoms with Gasteiger partial charge in [-0.05, 0) is 30.3 Å². The lowest BCUT2D eigenvalue weighted by molar-refractivity contribution is 0.174. The second-order valence-electron chi connectivity index (χ2n) is 4.68. The molecule has 6 nitrogen and oxygen atoms in total. The highest BCUT2D eigenvalue weighted by Gasteiger charge is 2.17. The van der Waals surface area contributed by atoms with Gasteiger partial charge < -0.3 is 19.7 Å². The number of aromatic hydroxyl groups is 2. The van der Waals surface area contributed by atoms with Gasteiger partial charge in [-0.1, -0.05) is 11.3 Å². The van der Waals surface area contributed by atoms with Crippen molar-refractivity contribution in [3.8, 4) is 44.1 Å². The SMILES string of the molecule is Oc1ccc(-c2nnc(-c3ccc4c(c3)OCO4)s2)c(O)c1. The molecule has 0 spiro atoms. The van der Waals surface area contributed by atoms with E-state index in [0.29, 0.717) is 27.1 Å². The molecule has 1 aliphatic rings. The molecule has 4 rings (SSSR count). The molecule has 2 heterocycles. The van der Waals surface area contributed by atoms with Gasteiger partial charge in [-0.15, -0.1) is 10.2 Å². The maximum Gasteiger partial charge on any atom is 0.231 e.